The first-order chi connectivity index (χ1) is 11.9. The predicted molar refractivity (Wildman–Crippen MR) is 94.4 cm³/mol. The van der Waals surface area contributed by atoms with Gasteiger partial charge in [0.05, 0.1) is 23.5 Å². The lowest BCUT2D eigenvalue weighted by atomic mass is 10.2. The number of methoxy groups -OCH3 is 1. The smallest absolute Gasteiger partial charge is 0.325 e. The van der Waals surface area contributed by atoms with Gasteiger partial charge in [-0.2, -0.15) is 10.1 Å². The van der Waals surface area contributed by atoms with E-state index in [1.807, 2.05) is 32.0 Å². The third-order valence-corrected chi connectivity index (χ3v) is 4.92. The Bertz CT molecular complexity index is 1020. The van der Waals surface area contributed by atoms with E-state index in [4.69, 9.17) is 4.74 Å². The van der Waals surface area contributed by atoms with Gasteiger partial charge in [-0.25, -0.2) is 0 Å². The summed E-state index contributed by atoms with van der Waals surface area (Å²) in [5.74, 6) is -0.787. The molecule has 1 aromatic carbocycles. The summed E-state index contributed by atoms with van der Waals surface area (Å²) in [5.41, 5.74) is 3.12. The molecule has 0 fully saturated rings. The maximum atomic E-state index is 12.6. The summed E-state index contributed by atoms with van der Waals surface area (Å²) >= 11 is 1.37. The van der Waals surface area contributed by atoms with Crippen LogP contribution in [0.5, 0.6) is 0 Å². The average molecular weight is 358 g/mol. The highest BCUT2D eigenvalue weighted by Gasteiger charge is 2.16. The lowest BCUT2D eigenvalue weighted by molar-refractivity contribution is -0.141. The number of thiazole rings is 1. The number of rotatable bonds is 3. The summed E-state index contributed by atoms with van der Waals surface area (Å²) in [6, 6.07) is 5.88. The number of amides is 1. The first-order valence-corrected chi connectivity index (χ1v) is 8.47. The third-order valence-electron chi connectivity index (χ3n) is 3.87. The molecule has 8 heteroatoms. The maximum absolute atomic E-state index is 12.6. The molecule has 2 aromatic heterocycles. The van der Waals surface area contributed by atoms with Crippen LogP contribution < -0.4 is 4.80 Å². The fraction of sp³-hybridized carbons (Fsp3) is 0.294. The molecule has 0 atom stereocenters. The van der Waals surface area contributed by atoms with Gasteiger partial charge in [-0.1, -0.05) is 17.4 Å². The van der Waals surface area contributed by atoms with E-state index in [0.717, 1.165) is 21.3 Å². The van der Waals surface area contributed by atoms with Crippen molar-refractivity contribution in [1.29, 1.82) is 0 Å². The average Bonchev–Trinajstić information content (AvgIpc) is 3.07. The molecule has 0 spiro atoms. The number of esters is 1. The molecule has 0 bridgehead atoms. The number of nitrogens with zero attached hydrogens (tertiary/aromatic N) is 4. The lowest BCUT2D eigenvalue weighted by Crippen LogP contribution is -2.23. The maximum Gasteiger partial charge on any atom is 0.325 e. The number of ether oxygens (including phenoxy) is 1. The molecule has 0 aliphatic heterocycles. The van der Waals surface area contributed by atoms with Crippen LogP contribution in [0.25, 0.3) is 10.2 Å². The molecule has 3 rings (SSSR count). The molecule has 3 aromatic rings. The van der Waals surface area contributed by atoms with Crippen molar-refractivity contribution in [2.75, 3.05) is 7.11 Å². The van der Waals surface area contributed by atoms with E-state index in [-0.39, 0.29) is 12.5 Å². The van der Waals surface area contributed by atoms with Gasteiger partial charge in [0.2, 0.25) is 0 Å². The summed E-state index contributed by atoms with van der Waals surface area (Å²) < 4.78 is 8.93. The summed E-state index contributed by atoms with van der Waals surface area (Å²) in [6.45, 7) is 3.80. The first-order valence-electron chi connectivity index (χ1n) is 7.65. The number of hydrogen-bond acceptors (Lipinski definition) is 5. The zero-order valence-corrected chi connectivity index (χ0v) is 15.3. The number of benzene rings is 1. The summed E-state index contributed by atoms with van der Waals surface area (Å²) in [7, 11) is 3.04. The standard InChI is InChI=1S/C17H18N4O3S/c1-10-5-6-12-13(7-10)25-17(21(12)9-14(22)24-4)19-16(23)15-11(2)8-18-20(15)3/h5-8H,9H2,1-4H3. The monoisotopic (exact) mass is 358 g/mol. The topological polar surface area (TPSA) is 78.5 Å². The van der Waals surface area contributed by atoms with E-state index < -0.39 is 5.97 Å². The second kappa shape index (κ2) is 6.64. The van der Waals surface area contributed by atoms with Gasteiger partial charge in [-0.15, -0.1) is 0 Å². The van der Waals surface area contributed by atoms with E-state index in [0.29, 0.717) is 10.5 Å². The van der Waals surface area contributed by atoms with Crippen molar-refractivity contribution in [3.05, 3.63) is 46.0 Å². The fourth-order valence-corrected chi connectivity index (χ4v) is 3.73. The number of carbonyl (C=O) groups excluding carboxylic acids is 2. The van der Waals surface area contributed by atoms with Crippen LogP contribution in [0, 0.1) is 13.8 Å². The van der Waals surface area contributed by atoms with Crippen molar-refractivity contribution in [3.63, 3.8) is 0 Å². The van der Waals surface area contributed by atoms with E-state index in [2.05, 4.69) is 10.1 Å². The molecule has 0 radical (unpaired) electrons. The SMILES string of the molecule is COC(=O)Cn1c(=NC(=O)c2c(C)cnn2C)sc2cc(C)ccc21. The minimum absolute atomic E-state index is 0.00393. The Morgan fingerprint density at radius 2 is 2.08 bits per heavy atom. The number of carbonyl (C=O) groups is 2. The Kier molecular flexibility index (Phi) is 4.54. The number of hydrogen-bond donors (Lipinski definition) is 0. The predicted octanol–water partition coefficient (Wildman–Crippen LogP) is 1.97. The molecule has 0 aliphatic rings. The van der Waals surface area contributed by atoms with E-state index in [9.17, 15) is 9.59 Å². The highest BCUT2D eigenvalue weighted by molar-refractivity contribution is 7.16. The Morgan fingerprint density at radius 1 is 1.32 bits per heavy atom. The molecule has 7 nitrogen and oxygen atoms in total. The Morgan fingerprint density at radius 3 is 2.72 bits per heavy atom. The minimum Gasteiger partial charge on any atom is -0.468 e. The van der Waals surface area contributed by atoms with Gasteiger partial charge in [0.1, 0.15) is 12.2 Å². The second-order valence-corrected chi connectivity index (χ2v) is 6.74. The van der Waals surface area contributed by atoms with Crippen LogP contribution >= 0.6 is 11.3 Å². The van der Waals surface area contributed by atoms with Crippen LogP contribution in [-0.2, 0) is 23.1 Å². The van der Waals surface area contributed by atoms with Crippen LogP contribution in [0.15, 0.2) is 29.4 Å². The molecule has 25 heavy (non-hydrogen) atoms. The zero-order chi connectivity index (χ0) is 18.1. The van der Waals surface area contributed by atoms with Crippen LogP contribution in [0.2, 0.25) is 0 Å². The minimum atomic E-state index is -0.397. The summed E-state index contributed by atoms with van der Waals surface area (Å²) in [5, 5.41) is 4.08. The van der Waals surface area contributed by atoms with Crippen LogP contribution in [0.4, 0.5) is 0 Å². The molecule has 130 valence electrons. The van der Waals surface area contributed by atoms with Gasteiger partial charge < -0.3 is 9.30 Å². The number of aromatic nitrogens is 3. The van der Waals surface area contributed by atoms with E-state index >= 15 is 0 Å². The fourth-order valence-electron chi connectivity index (χ4n) is 2.61. The van der Waals surface area contributed by atoms with Crippen molar-refractivity contribution >= 4 is 33.4 Å². The highest BCUT2D eigenvalue weighted by Crippen LogP contribution is 2.19. The van der Waals surface area contributed by atoms with Crippen molar-refractivity contribution in [2.45, 2.75) is 20.4 Å². The molecule has 1 amide bonds. The van der Waals surface area contributed by atoms with E-state index in [1.165, 1.54) is 23.1 Å². The van der Waals surface area contributed by atoms with Gasteiger partial charge in [0.15, 0.2) is 4.80 Å². The van der Waals surface area contributed by atoms with E-state index in [1.54, 1.807) is 17.8 Å². The van der Waals surface area contributed by atoms with Crippen LogP contribution in [0.1, 0.15) is 21.6 Å². The third kappa shape index (κ3) is 3.25. The van der Waals surface area contributed by atoms with Crippen LogP contribution in [0.3, 0.4) is 0 Å². The second-order valence-electron chi connectivity index (χ2n) is 5.73. The van der Waals surface area contributed by atoms with Gasteiger partial charge in [-0.3, -0.25) is 14.3 Å². The number of aryl methyl sites for hydroxylation is 3. The molecule has 0 N–H and O–H groups in total. The molecule has 0 saturated heterocycles. The van der Waals surface area contributed by atoms with Crippen molar-refractivity contribution in [3.8, 4) is 0 Å². The quantitative estimate of drug-likeness (QED) is 0.671. The Hall–Kier alpha value is -2.74. The molecular formula is C17H18N4O3S. The van der Waals surface area contributed by atoms with Gasteiger partial charge in [0.25, 0.3) is 5.91 Å². The Labute approximate surface area is 148 Å². The van der Waals surface area contributed by atoms with Gasteiger partial charge in [0, 0.05) is 12.6 Å². The summed E-state index contributed by atoms with van der Waals surface area (Å²) in [6.07, 6.45) is 1.62. The summed E-state index contributed by atoms with van der Waals surface area (Å²) in [4.78, 5) is 29.1. The number of fused-ring (bicyclic) bond motifs is 1. The lowest BCUT2D eigenvalue weighted by Gasteiger charge is -2.04. The molecule has 0 saturated carbocycles. The molecule has 0 unspecified atom stereocenters. The van der Waals surface area contributed by atoms with Crippen molar-refractivity contribution in [2.24, 2.45) is 12.0 Å². The molecular weight excluding hydrogens is 340 g/mol. The van der Waals surface area contributed by atoms with Crippen molar-refractivity contribution in [1.82, 2.24) is 14.3 Å². The molecule has 2 heterocycles. The highest BCUT2D eigenvalue weighted by atomic mass is 32.1. The zero-order valence-electron chi connectivity index (χ0n) is 14.4. The Balaban J connectivity index is 2.18. The molecule has 0 aliphatic carbocycles. The first kappa shape index (κ1) is 17.1. The van der Waals surface area contributed by atoms with Gasteiger partial charge in [-0.05, 0) is 31.5 Å². The largest absolute Gasteiger partial charge is 0.468 e. The van der Waals surface area contributed by atoms with Crippen LogP contribution in [-0.4, -0.2) is 33.3 Å². The van der Waals surface area contributed by atoms with Crippen molar-refractivity contribution < 1.29 is 14.3 Å². The normalized spacial score (nSPS) is 11.9. The van der Waals surface area contributed by atoms with Gasteiger partial charge >= 0.3 is 5.97 Å².